The molecule has 0 saturated carbocycles. The number of amides is 1. The van der Waals surface area contributed by atoms with Crippen molar-refractivity contribution < 1.29 is 23.8 Å². The van der Waals surface area contributed by atoms with Crippen molar-refractivity contribution in [3.05, 3.63) is 64.9 Å². The number of aryl methyl sites for hydroxylation is 1. The Morgan fingerprint density at radius 2 is 1.93 bits per heavy atom. The van der Waals surface area contributed by atoms with Gasteiger partial charge in [0.25, 0.3) is 5.91 Å². The van der Waals surface area contributed by atoms with Crippen LogP contribution < -0.4 is 9.47 Å². The second kappa shape index (κ2) is 9.26. The predicted octanol–water partition coefficient (Wildman–Crippen LogP) is 3.21. The fourth-order valence-corrected chi connectivity index (χ4v) is 2.74. The fraction of sp³-hybridized carbons (Fsp3) is 0.261. The first-order valence-corrected chi connectivity index (χ1v) is 9.56. The lowest BCUT2D eigenvalue weighted by Crippen LogP contribution is -2.27. The first-order valence-electron chi connectivity index (χ1n) is 9.56. The Kier molecular flexibility index (Phi) is 6.51. The van der Waals surface area contributed by atoms with Gasteiger partial charge in [-0.15, -0.1) is 0 Å². The Morgan fingerprint density at radius 3 is 2.63 bits per heavy atom. The smallest absolute Gasteiger partial charge is 0.363 e. The lowest BCUT2D eigenvalue weighted by atomic mass is 10.1. The van der Waals surface area contributed by atoms with E-state index in [1.54, 1.807) is 38.4 Å². The van der Waals surface area contributed by atoms with Crippen molar-refractivity contribution in [3.63, 3.8) is 0 Å². The van der Waals surface area contributed by atoms with Crippen LogP contribution in [0.15, 0.2) is 53.2 Å². The van der Waals surface area contributed by atoms with E-state index in [0.717, 1.165) is 11.1 Å². The molecule has 1 heterocycles. The Hall–Kier alpha value is -3.61. The molecule has 156 valence electrons. The zero-order chi connectivity index (χ0) is 21.7. The molecule has 2 aromatic carbocycles. The van der Waals surface area contributed by atoms with Gasteiger partial charge in [-0.1, -0.05) is 23.8 Å². The molecule has 0 bridgehead atoms. The average molecular weight is 408 g/mol. The van der Waals surface area contributed by atoms with Gasteiger partial charge in [0, 0.05) is 19.7 Å². The molecule has 7 heteroatoms. The maximum atomic E-state index is 12.3. The quantitative estimate of drug-likeness (QED) is 0.519. The van der Waals surface area contributed by atoms with Crippen molar-refractivity contribution in [1.82, 2.24) is 4.90 Å². The van der Waals surface area contributed by atoms with Crippen molar-refractivity contribution in [2.24, 2.45) is 4.99 Å². The van der Waals surface area contributed by atoms with E-state index in [2.05, 4.69) is 4.99 Å². The third kappa shape index (κ3) is 5.05. The molecular weight excluding hydrogens is 384 g/mol. The van der Waals surface area contributed by atoms with Crippen molar-refractivity contribution in [1.29, 1.82) is 0 Å². The molecule has 2 aromatic rings. The number of esters is 1. The number of hydrogen-bond acceptors (Lipinski definition) is 6. The minimum absolute atomic E-state index is 0.0933. The van der Waals surface area contributed by atoms with Gasteiger partial charge in [0.15, 0.2) is 23.8 Å². The third-order valence-corrected chi connectivity index (χ3v) is 4.31. The largest absolute Gasteiger partial charge is 0.490 e. The summed E-state index contributed by atoms with van der Waals surface area (Å²) >= 11 is 0. The van der Waals surface area contributed by atoms with E-state index in [1.807, 2.05) is 38.1 Å². The topological polar surface area (TPSA) is 77.4 Å². The summed E-state index contributed by atoms with van der Waals surface area (Å²) in [5, 5.41) is 0. The molecule has 1 amide bonds. The molecule has 0 aromatic heterocycles. The van der Waals surface area contributed by atoms with Gasteiger partial charge in [-0.05, 0) is 49.8 Å². The van der Waals surface area contributed by atoms with Crippen LogP contribution in [0.3, 0.4) is 0 Å². The molecule has 3 rings (SSSR count). The molecule has 0 aliphatic carbocycles. The molecule has 0 fully saturated rings. The molecule has 0 spiro atoms. The van der Waals surface area contributed by atoms with Crippen LogP contribution in [0.4, 0.5) is 0 Å². The lowest BCUT2D eigenvalue weighted by molar-refractivity contribution is -0.131. The van der Waals surface area contributed by atoms with E-state index < -0.39 is 5.97 Å². The van der Waals surface area contributed by atoms with Crippen molar-refractivity contribution >= 4 is 23.9 Å². The number of aliphatic imine (C=N–C) groups is 1. The molecule has 0 N–H and O–H groups in total. The maximum absolute atomic E-state index is 12.3. The second-order valence-electron chi connectivity index (χ2n) is 6.92. The molecule has 30 heavy (non-hydrogen) atoms. The summed E-state index contributed by atoms with van der Waals surface area (Å²) in [5.74, 6) is 0.540. The average Bonchev–Trinajstić information content (AvgIpc) is 3.07. The number of rotatable bonds is 7. The Balaban J connectivity index is 1.84. The number of cyclic esters (lactones) is 1. The van der Waals surface area contributed by atoms with Gasteiger partial charge in [0.2, 0.25) is 5.90 Å². The van der Waals surface area contributed by atoms with Gasteiger partial charge in [-0.2, -0.15) is 0 Å². The summed E-state index contributed by atoms with van der Waals surface area (Å²) in [7, 11) is 3.33. The van der Waals surface area contributed by atoms with E-state index in [9.17, 15) is 9.59 Å². The molecule has 7 nitrogen and oxygen atoms in total. The highest BCUT2D eigenvalue weighted by Crippen LogP contribution is 2.30. The SMILES string of the molecule is CCOc1cc(C=C2N=C(c3cccc(C)c3)OC2=O)ccc1OCC(=O)N(C)C. The fourth-order valence-electron chi connectivity index (χ4n) is 2.74. The van der Waals surface area contributed by atoms with Crippen molar-refractivity contribution in [3.8, 4) is 11.5 Å². The monoisotopic (exact) mass is 408 g/mol. The second-order valence-corrected chi connectivity index (χ2v) is 6.92. The van der Waals surface area contributed by atoms with Crippen molar-refractivity contribution in [2.75, 3.05) is 27.3 Å². The zero-order valence-corrected chi connectivity index (χ0v) is 17.5. The minimum Gasteiger partial charge on any atom is -0.490 e. The van der Waals surface area contributed by atoms with Crippen LogP contribution in [0, 0.1) is 6.92 Å². The Labute approximate surface area is 175 Å². The highest BCUT2D eigenvalue weighted by molar-refractivity contribution is 6.12. The molecule has 0 radical (unpaired) electrons. The van der Waals surface area contributed by atoms with E-state index in [-0.39, 0.29) is 24.1 Å². The summed E-state index contributed by atoms with van der Waals surface area (Å²) in [6.45, 7) is 4.15. The molecular formula is C23H24N2O5. The summed E-state index contributed by atoms with van der Waals surface area (Å²) < 4.78 is 16.5. The molecule has 0 saturated heterocycles. The van der Waals surface area contributed by atoms with E-state index in [4.69, 9.17) is 14.2 Å². The first-order chi connectivity index (χ1) is 14.4. The van der Waals surface area contributed by atoms with Crippen LogP contribution in [-0.4, -0.2) is 50.0 Å². The van der Waals surface area contributed by atoms with Gasteiger partial charge in [0.1, 0.15) is 0 Å². The molecule has 0 atom stereocenters. The van der Waals surface area contributed by atoms with Gasteiger partial charge >= 0.3 is 5.97 Å². The van der Waals surface area contributed by atoms with E-state index in [0.29, 0.717) is 23.7 Å². The summed E-state index contributed by atoms with van der Waals surface area (Å²) in [6, 6.07) is 12.8. The van der Waals surface area contributed by atoms with Gasteiger partial charge < -0.3 is 19.1 Å². The van der Waals surface area contributed by atoms with Crippen LogP contribution in [0.5, 0.6) is 11.5 Å². The standard InChI is InChI=1S/C23H24N2O5/c1-5-28-20-13-16(9-10-19(20)29-14-21(26)25(3)4)12-18-23(27)30-22(24-18)17-8-6-7-15(2)11-17/h6-13H,5,14H2,1-4H3. The highest BCUT2D eigenvalue weighted by Gasteiger charge is 2.24. The number of likely N-dealkylation sites (N-methyl/N-ethyl adjacent to an activating group) is 1. The zero-order valence-electron chi connectivity index (χ0n) is 17.5. The summed E-state index contributed by atoms with van der Waals surface area (Å²) in [6.07, 6.45) is 1.63. The number of hydrogen-bond donors (Lipinski definition) is 0. The summed E-state index contributed by atoms with van der Waals surface area (Å²) in [4.78, 5) is 29.8. The minimum atomic E-state index is -0.513. The molecule has 1 aliphatic heterocycles. The van der Waals surface area contributed by atoms with Crippen LogP contribution >= 0.6 is 0 Å². The Bertz CT molecular complexity index is 1020. The van der Waals surface area contributed by atoms with Crippen LogP contribution in [-0.2, 0) is 14.3 Å². The van der Waals surface area contributed by atoms with Crippen LogP contribution in [0.2, 0.25) is 0 Å². The number of nitrogens with zero attached hydrogens (tertiary/aromatic N) is 2. The highest BCUT2D eigenvalue weighted by atomic mass is 16.6. The Morgan fingerprint density at radius 1 is 1.13 bits per heavy atom. The van der Waals surface area contributed by atoms with Gasteiger partial charge in [-0.25, -0.2) is 9.79 Å². The number of carbonyl (C=O) groups is 2. The lowest BCUT2D eigenvalue weighted by Gasteiger charge is -2.14. The van der Waals surface area contributed by atoms with Crippen LogP contribution in [0.25, 0.3) is 6.08 Å². The van der Waals surface area contributed by atoms with Crippen molar-refractivity contribution in [2.45, 2.75) is 13.8 Å². The third-order valence-electron chi connectivity index (χ3n) is 4.31. The molecule has 1 aliphatic rings. The maximum Gasteiger partial charge on any atom is 0.363 e. The van der Waals surface area contributed by atoms with Crippen LogP contribution in [0.1, 0.15) is 23.6 Å². The van der Waals surface area contributed by atoms with E-state index in [1.165, 1.54) is 4.90 Å². The predicted molar refractivity (Wildman–Crippen MR) is 114 cm³/mol. The normalized spacial score (nSPS) is 14.3. The van der Waals surface area contributed by atoms with E-state index >= 15 is 0 Å². The number of benzene rings is 2. The summed E-state index contributed by atoms with van der Waals surface area (Å²) in [5.41, 5.74) is 2.70. The first kappa shape index (κ1) is 21.1. The van der Waals surface area contributed by atoms with Gasteiger partial charge in [0.05, 0.1) is 6.61 Å². The molecule has 0 unspecified atom stereocenters. The van der Waals surface area contributed by atoms with Gasteiger partial charge in [-0.3, -0.25) is 4.79 Å². The number of carbonyl (C=O) groups excluding carboxylic acids is 2. The number of ether oxygens (including phenoxy) is 3.